The number of nitrogens with zero attached hydrogens (tertiary/aromatic N) is 2. The molecule has 0 unspecified atom stereocenters. The number of piperazine rings is 1. The van der Waals surface area contributed by atoms with Gasteiger partial charge in [-0.1, -0.05) is 18.2 Å². The van der Waals surface area contributed by atoms with E-state index in [-0.39, 0.29) is 42.7 Å². The van der Waals surface area contributed by atoms with Crippen LogP contribution in [0.4, 0.5) is 0 Å². The van der Waals surface area contributed by atoms with E-state index < -0.39 is 0 Å². The molecule has 152 valence electrons. The lowest BCUT2D eigenvalue weighted by molar-refractivity contribution is -0.133. The molecule has 1 aromatic carbocycles. The summed E-state index contributed by atoms with van der Waals surface area (Å²) < 4.78 is 0. The lowest BCUT2D eigenvalue weighted by Crippen LogP contribution is -2.51. The molecule has 2 fully saturated rings. The number of rotatable bonds is 4. The van der Waals surface area contributed by atoms with Gasteiger partial charge in [0.2, 0.25) is 5.91 Å². The van der Waals surface area contributed by atoms with Crippen molar-refractivity contribution in [2.75, 3.05) is 45.8 Å². The SMILES string of the molecule is Cc1ccccc1C(=O)NC1CCN(C(=O)CN2CCNCC2)CC1.Cl.Cl. The molecule has 2 N–H and O–H groups in total. The highest BCUT2D eigenvalue weighted by Gasteiger charge is 2.25. The van der Waals surface area contributed by atoms with Gasteiger partial charge in [-0.25, -0.2) is 0 Å². The summed E-state index contributed by atoms with van der Waals surface area (Å²) in [5.41, 5.74) is 1.73. The number of likely N-dealkylation sites (tertiary alicyclic amines) is 1. The van der Waals surface area contributed by atoms with Gasteiger partial charge in [0.1, 0.15) is 0 Å². The molecule has 2 amide bonds. The molecule has 1 aromatic rings. The predicted octanol–water partition coefficient (Wildman–Crippen LogP) is 1.46. The van der Waals surface area contributed by atoms with Gasteiger partial charge in [-0.05, 0) is 31.4 Å². The second-order valence-electron chi connectivity index (χ2n) is 6.97. The zero-order chi connectivity index (χ0) is 17.6. The Labute approximate surface area is 173 Å². The standard InChI is InChI=1S/C19H28N4O2.2ClH/c1-15-4-2-3-5-17(15)19(25)21-16-6-10-23(11-7-16)18(24)14-22-12-8-20-9-13-22;;/h2-5,16,20H,6-14H2,1H3,(H,21,25);2*1H. The number of aryl methyl sites for hydroxylation is 1. The number of piperidine rings is 1. The summed E-state index contributed by atoms with van der Waals surface area (Å²) in [6.45, 7) is 7.71. The molecule has 3 rings (SSSR count). The second kappa shape index (κ2) is 11.5. The van der Waals surface area contributed by atoms with E-state index in [1.807, 2.05) is 36.1 Å². The molecule has 0 aliphatic carbocycles. The number of hydrogen-bond donors (Lipinski definition) is 2. The summed E-state index contributed by atoms with van der Waals surface area (Å²) in [7, 11) is 0. The quantitative estimate of drug-likeness (QED) is 0.779. The predicted molar refractivity (Wildman–Crippen MR) is 112 cm³/mol. The molecule has 0 atom stereocenters. The van der Waals surface area contributed by atoms with E-state index in [1.165, 1.54) is 0 Å². The molecule has 2 heterocycles. The smallest absolute Gasteiger partial charge is 0.251 e. The maximum Gasteiger partial charge on any atom is 0.251 e. The molecule has 0 bridgehead atoms. The van der Waals surface area contributed by atoms with E-state index in [9.17, 15) is 9.59 Å². The fraction of sp³-hybridized carbons (Fsp3) is 0.579. The minimum atomic E-state index is -0.0105. The summed E-state index contributed by atoms with van der Waals surface area (Å²) in [5, 5.41) is 6.42. The topological polar surface area (TPSA) is 64.7 Å². The monoisotopic (exact) mass is 416 g/mol. The van der Waals surface area contributed by atoms with Gasteiger partial charge in [0.25, 0.3) is 5.91 Å². The molecule has 0 saturated carbocycles. The van der Waals surface area contributed by atoms with Crippen molar-refractivity contribution in [2.45, 2.75) is 25.8 Å². The fourth-order valence-electron chi connectivity index (χ4n) is 3.52. The molecule has 6 nitrogen and oxygen atoms in total. The van der Waals surface area contributed by atoms with E-state index in [4.69, 9.17) is 0 Å². The van der Waals surface area contributed by atoms with Crippen LogP contribution >= 0.6 is 24.8 Å². The van der Waals surface area contributed by atoms with Gasteiger partial charge in [-0.15, -0.1) is 24.8 Å². The Morgan fingerprint density at radius 1 is 1.07 bits per heavy atom. The molecule has 27 heavy (non-hydrogen) atoms. The summed E-state index contributed by atoms with van der Waals surface area (Å²) in [5.74, 6) is 0.203. The van der Waals surface area contributed by atoms with Crippen LogP contribution in [-0.4, -0.2) is 73.5 Å². The van der Waals surface area contributed by atoms with Crippen LogP contribution in [0.25, 0.3) is 0 Å². The highest BCUT2D eigenvalue weighted by Crippen LogP contribution is 2.13. The third kappa shape index (κ3) is 6.64. The molecule has 0 spiro atoms. The van der Waals surface area contributed by atoms with Gasteiger partial charge < -0.3 is 15.5 Å². The minimum Gasteiger partial charge on any atom is -0.349 e. The molecule has 2 aliphatic heterocycles. The van der Waals surface area contributed by atoms with Crippen molar-refractivity contribution in [1.82, 2.24) is 20.4 Å². The Morgan fingerprint density at radius 2 is 1.70 bits per heavy atom. The Balaban J connectivity index is 0.00000182. The highest BCUT2D eigenvalue weighted by molar-refractivity contribution is 5.95. The van der Waals surface area contributed by atoms with E-state index in [0.717, 1.165) is 63.2 Å². The first-order chi connectivity index (χ1) is 12.1. The maximum atomic E-state index is 12.4. The van der Waals surface area contributed by atoms with Crippen LogP contribution in [0.15, 0.2) is 24.3 Å². The molecule has 0 radical (unpaired) electrons. The van der Waals surface area contributed by atoms with Gasteiger partial charge in [0, 0.05) is 50.9 Å². The Hall–Kier alpha value is -1.34. The van der Waals surface area contributed by atoms with Crippen LogP contribution in [0.3, 0.4) is 0 Å². The van der Waals surface area contributed by atoms with Gasteiger partial charge >= 0.3 is 0 Å². The highest BCUT2D eigenvalue weighted by atomic mass is 35.5. The third-order valence-corrected chi connectivity index (χ3v) is 5.14. The van der Waals surface area contributed by atoms with E-state index in [2.05, 4.69) is 15.5 Å². The molecule has 2 aliphatic rings. The lowest BCUT2D eigenvalue weighted by atomic mass is 10.0. The lowest BCUT2D eigenvalue weighted by Gasteiger charge is -2.34. The van der Waals surface area contributed by atoms with Crippen molar-refractivity contribution in [2.24, 2.45) is 0 Å². The van der Waals surface area contributed by atoms with E-state index >= 15 is 0 Å². The van der Waals surface area contributed by atoms with Crippen molar-refractivity contribution in [3.05, 3.63) is 35.4 Å². The first-order valence-electron chi connectivity index (χ1n) is 9.21. The maximum absolute atomic E-state index is 12.4. The fourth-order valence-corrected chi connectivity index (χ4v) is 3.52. The average molecular weight is 417 g/mol. The summed E-state index contributed by atoms with van der Waals surface area (Å²) in [6, 6.07) is 7.78. The number of benzene rings is 1. The molecule has 8 heteroatoms. The average Bonchev–Trinajstić information content (AvgIpc) is 2.63. The zero-order valence-corrected chi connectivity index (χ0v) is 17.4. The van der Waals surface area contributed by atoms with E-state index in [1.54, 1.807) is 0 Å². The largest absolute Gasteiger partial charge is 0.349 e. The van der Waals surface area contributed by atoms with Crippen molar-refractivity contribution in [3.63, 3.8) is 0 Å². The Kier molecular flexibility index (Phi) is 10.1. The van der Waals surface area contributed by atoms with E-state index in [0.29, 0.717) is 6.54 Å². The van der Waals surface area contributed by atoms with Crippen molar-refractivity contribution in [3.8, 4) is 0 Å². The van der Waals surface area contributed by atoms with Crippen molar-refractivity contribution < 1.29 is 9.59 Å². The van der Waals surface area contributed by atoms with Crippen LogP contribution in [0.5, 0.6) is 0 Å². The van der Waals surface area contributed by atoms with Crippen LogP contribution in [0, 0.1) is 6.92 Å². The van der Waals surface area contributed by atoms with Crippen molar-refractivity contribution in [1.29, 1.82) is 0 Å². The van der Waals surface area contributed by atoms with Gasteiger partial charge in [0.15, 0.2) is 0 Å². The second-order valence-corrected chi connectivity index (χ2v) is 6.97. The number of carbonyl (C=O) groups excluding carboxylic acids is 2. The number of amides is 2. The van der Waals surface area contributed by atoms with Gasteiger partial charge in [-0.3, -0.25) is 14.5 Å². The Morgan fingerprint density at radius 3 is 2.33 bits per heavy atom. The molecular formula is C19H30Cl2N4O2. The number of halogens is 2. The first kappa shape index (κ1) is 23.7. The zero-order valence-electron chi connectivity index (χ0n) is 15.8. The summed E-state index contributed by atoms with van der Waals surface area (Å²) in [4.78, 5) is 29.0. The molecule has 0 aromatic heterocycles. The Bertz CT molecular complexity index is 615. The summed E-state index contributed by atoms with van der Waals surface area (Å²) in [6.07, 6.45) is 1.65. The third-order valence-electron chi connectivity index (χ3n) is 5.14. The van der Waals surface area contributed by atoms with Gasteiger partial charge in [-0.2, -0.15) is 0 Å². The van der Waals surface area contributed by atoms with Crippen LogP contribution in [-0.2, 0) is 4.79 Å². The number of nitrogens with one attached hydrogen (secondary N) is 2. The minimum absolute atomic E-state index is 0. The molecule has 2 saturated heterocycles. The number of carbonyl (C=O) groups is 2. The normalized spacial score (nSPS) is 18.2. The molecular weight excluding hydrogens is 387 g/mol. The first-order valence-corrected chi connectivity index (χ1v) is 9.21. The van der Waals surface area contributed by atoms with Crippen molar-refractivity contribution >= 4 is 36.6 Å². The van der Waals surface area contributed by atoms with Crippen LogP contribution < -0.4 is 10.6 Å². The summed E-state index contributed by atoms with van der Waals surface area (Å²) >= 11 is 0. The van der Waals surface area contributed by atoms with Crippen LogP contribution in [0.1, 0.15) is 28.8 Å². The van der Waals surface area contributed by atoms with Crippen LogP contribution in [0.2, 0.25) is 0 Å². The van der Waals surface area contributed by atoms with Gasteiger partial charge in [0.05, 0.1) is 6.54 Å². The number of hydrogen-bond acceptors (Lipinski definition) is 4.